The Balaban J connectivity index is 2.29. The lowest BCUT2D eigenvalue weighted by Crippen LogP contribution is -2.33. The Bertz CT molecular complexity index is 635. The number of aromatic nitrogens is 5. The maximum Gasteiger partial charge on any atom is 0.270 e. The first-order chi connectivity index (χ1) is 7.84. The summed E-state index contributed by atoms with van der Waals surface area (Å²) >= 11 is 0. The predicted molar refractivity (Wildman–Crippen MR) is 56.1 cm³/mol. The van der Waals surface area contributed by atoms with Gasteiger partial charge in [0.25, 0.3) is 5.52 Å². The van der Waals surface area contributed by atoms with Crippen molar-refractivity contribution in [2.75, 3.05) is 0 Å². The fraction of sp³-hybridized carbons (Fsp3) is 0. The largest absolute Gasteiger partial charge is 0.594 e. The van der Waals surface area contributed by atoms with Crippen LogP contribution in [0.1, 0.15) is 0 Å². The van der Waals surface area contributed by atoms with E-state index in [1.807, 2.05) is 6.07 Å². The van der Waals surface area contributed by atoms with Gasteiger partial charge >= 0.3 is 0 Å². The van der Waals surface area contributed by atoms with Crippen molar-refractivity contribution in [2.24, 2.45) is 0 Å². The van der Waals surface area contributed by atoms with Crippen LogP contribution in [-0.2, 0) is 0 Å². The third-order valence-corrected chi connectivity index (χ3v) is 2.26. The standard InChI is InChI=1S/C10H7N5O/c16-15-9-4-2-1-3-8(9)13-10(14-15)7-5-11-12-6-7/h1-6H,(H,11,12). The molecule has 2 aromatic heterocycles. The normalized spacial score (nSPS) is 10.8. The number of hydrogen-bond donors (Lipinski definition) is 1. The van der Waals surface area contributed by atoms with E-state index >= 15 is 0 Å². The number of aromatic amines is 1. The molecule has 6 heteroatoms. The molecule has 16 heavy (non-hydrogen) atoms. The van der Waals surface area contributed by atoms with Crippen LogP contribution in [0.3, 0.4) is 0 Å². The minimum atomic E-state index is 0.363. The third-order valence-electron chi connectivity index (χ3n) is 2.26. The molecule has 0 bridgehead atoms. The molecule has 0 aliphatic heterocycles. The van der Waals surface area contributed by atoms with Crippen molar-refractivity contribution in [1.82, 2.24) is 20.3 Å². The summed E-state index contributed by atoms with van der Waals surface area (Å²) in [5, 5.41) is 21.9. The molecule has 0 saturated heterocycles. The molecule has 2 heterocycles. The molecule has 0 aliphatic rings. The first kappa shape index (κ1) is 8.78. The summed E-state index contributed by atoms with van der Waals surface area (Å²) in [6, 6.07) is 7.06. The first-order valence-corrected chi connectivity index (χ1v) is 4.70. The second kappa shape index (κ2) is 3.27. The van der Waals surface area contributed by atoms with Crippen molar-refractivity contribution in [2.45, 2.75) is 0 Å². The first-order valence-electron chi connectivity index (χ1n) is 4.70. The van der Waals surface area contributed by atoms with Crippen molar-refractivity contribution < 1.29 is 4.85 Å². The van der Waals surface area contributed by atoms with Gasteiger partial charge in [0, 0.05) is 17.4 Å². The summed E-state index contributed by atoms with van der Waals surface area (Å²) in [6.07, 6.45) is 3.22. The molecule has 0 aliphatic carbocycles. The lowest BCUT2D eigenvalue weighted by molar-refractivity contribution is -0.642. The summed E-state index contributed by atoms with van der Waals surface area (Å²) in [5.74, 6) is 0.363. The van der Waals surface area contributed by atoms with E-state index in [0.29, 0.717) is 27.3 Å². The molecule has 3 rings (SSSR count). The molecule has 0 fully saturated rings. The smallest absolute Gasteiger partial charge is 0.270 e. The molecule has 78 valence electrons. The average molecular weight is 213 g/mol. The zero-order chi connectivity index (χ0) is 11.0. The van der Waals surface area contributed by atoms with Crippen LogP contribution in [0.5, 0.6) is 0 Å². The zero-order valence-electron chi connectivity index (χ0n) is 8.16. The Morgan fingerprint density at radius 1 is 1.25 bits per heavy atom. The van der Waals surface area contributed by atoms with Gasteiger partial charge in [-0.1, -0.05) is 12.1 Å². The Kier molecular flexibility index (Phi) is 1.79. The minimum Gasteiger partial charge on any atom is -0.594 e. The predicted octanol–water partition coefficient (Wildman–Crippen LogP) is 0.653. The number of fused-ring (bicyclic) bond motifs is 1. The van der Waals surface area contributed by atoms with Gasteiger partial charge in [-0.25, -0.2) is 4.98 Å². The van der Waals surface area contributed by atoms with Gasteiger partial charge in [-0.15, -0.1) is 0 Å². The summed E-state index contributed by atoms with van der Waals surface area (Å²) in [5.41, 5.74) is 1.76. The molecule has 0 amide bonds. The quantitative estimate of drug-likeness (QED) is 0.475. The van der Waals surface area contributed by atoms with Gasteiger partial charge in [-0.05, 0) is 10.9 Å². The highest BCUT2D eigenvalue weighted by molar-refractivity contribution is 5.72. The number of rotatable bonds is 1. The second-order valence-corrected chi connectivity index (χ2v) is 3.28. The molecule has 0 unspecified atom stereocenters. The lowest BCUT2D eigenvalue weighted by Gasteiger charge is -1.99. The number of nitrogens with one attached hydrogen (secondary N) is 1. The highest BCUT2D eigenvalue weighted by Crippen LogP contribution is 2.13. The van der Waals surface area contributed by atoms with Crippen molar-refractivity contribution in [3.05, 3.63) is 41.9 Å². The molecule has 0 spiro atoms. The monoisotopic (exact) mass is 213 g/mol. The molecule has 0 atom stereocenters. The van der Waals surface area contributed by atoms with E-state index in [-0.39, 0.29) is 0 Å². The minimum absolute atomic E-state index is 0.363. The van der Waals surface area contributed by atoms with E-state index in [0.717, 1.165) is 0 Å². The van der Waals surface area contributed by atoms with E-state index in [9.17, 15) is 5.21 Å². The number of nitrogens with zero attached hydrogens (tertiary/aromatic N) is 4. The van der Waals surface area contributed by atoms with Crippen LogP contribution in [0.2, 0.25) is 0 Å². The topological polar surface area (TPSA) is 81.4 Å². The Morgan fingerprint density at radius 2 is 2.12 bits per heavy atom. The lowest BCUT2D eigenvalue weighted by atomic mass is 10.3. The molecule has 3 aromatic rings. The van der Waals surface area contributed by atoms with Gasteiger partial charge < -0.3 is 5.21 Å². The number of H-pyrrole nitrogens is 1. The highest BCUT2D eigenvalue weighted by Gasteiger charge is 2.11. The number of para-hydroxylation sites is 2. The maximum atomic E-state index is 11.6. The van der Waals surface area contributed by atoms with E-state index in [1.54, 1.807) is 30.6 Å². The molecule has 0 radical (unpaired) electrons. The van der Waals surface area contributed by atoms with Crippen LogP contribution in [-0.4, -0.2) is 20.3 Å². The maximum absolute atomic E-state index is 11.6. The van der Waals surface area contributed by atoms with Gasteiger partial charge in [-0.3, -0.25) is 5.10 Å². The summed E-state index contributed by atoms with van der Waals surface area (Å²) < 4.78 is 0. The fourth-order valence-electron chi connectivity index (χ4n) is 1.49. The number of hydrogen-bond acceptors (Lipinski definition) is 4. The van der Waals surface area contributed by atoms with Crippen LogP contribution in [0.4, 0.5) is 0 Å². The van der Waals surface area contributed by atoms with Gasteiger partial charge in [-0.2, -0.15) is 5.10 Å². The van der Waals surface area contributed by atoms with Gasteiger partial charge in [0.05, 0.1) is 11.8 Å². The van der Waals surface area contributed by atoms with Crippen LogP contribution in [0.15, 0.2) is 36.7 Å². The highest BCUT2D eigenvalue weighted by atomic mass is 16.5. The second-order valence-electron chi connectivity index (χ2n) is 3.28. The molecule has 0 saturated carbocycles. The third kappa shape index (κ3) is 1.28. The number of benzene rings is 1. The molecule has 6 nitrogen and oxygen atoms in total. The molecule has 1 aromatic carbocycles. The Labute approximate surface area is 90.2 Å². The van der Waals surface area contributed by atoms with Gasteiger partial charge in [0.1, 0.15) is 5.52 Å². The van der Waals surface area contributed by atoms with Crippen LogP contribution < -0.4 is 4.85 Å². The van der Waals surface area contributed by atoms with Crippen molar-refractivity contribution in [1.29, 1.82) is 0 Å². The van der Waals surface area contributed by atoms with Crippen molar-refractivity contribution in [3.63, 3.8) is 0 Å². The Hall–Kier alpha value is -2.50. The average Bonchev–Trinajstić information content (AvgIpc) is 2.82. The fourth-order valence-corrected chi connectivity index (χ4v) is 1.49. The SMILES string of the molecule is [O-][n+]1nc(-c2cn[nH]c2)nc2ccccc21. The van der Waals surface area contributed by atoms with Crippen LogP contribution in [0, 0.1) is 5.21 Å². The molecule has 1 N–H and O–H groups in total. The summed E-state index contributed by atoms with van der Waals surface area (Å²) in [7, 11) is 0. The van der Waals surface area contributed by atoms with Crippen LogP contribution in [0.25, 0.3) is 22.4 Å². The molecular formula is C10H7N5O. The summed E-state index contributed by atoms with van der Waals surface area (Å²) in [6.45, 7) is 0. The van der Waals surface area contributed by atoms with Crippen molar-refractivity contribution >= 4 is 11.0 Å². The van der Waals surface area contributed by atoms with Gasteiger partial charge in [0.15, 0.2) is 0 Å². The van der Waals surface area contributed by atoms with Crippen molar-refractivity contribution in [3.8, 4) is 11.4 Å². The molecular weight excluding hydrogens is 206 g/mol. The summed E-state index contributed by atoms with van der Waals surface area (Å²) in [4.78, 5) is 4.86. The van der Waals surface area contributed by atoms with E-state index < -0.39 is 0 Å². The zero-order valence-corrected chi connectivity index (χ0v) is 8.16. The van der Waals surface area contributed by atoms with E-state index in [2.05, 4.69) is 20.3 Å². The van der Waals surface area contributed by atoms with E-state index in [4.69, 9.17) is 0 Å². The van der Waals surface area contributed by atoms with E-state index in [1.165, 1.54) is 0 Å². The van der Waals surface area contributed by atoms with Gasteiger partial charge in [0.2, 0.25) is 5.82 Å². The van der Waals surface area contributed by atoms with Crippen LogP contribution >= 0.6 is 0 Å². The Morgan fingerprint density at radius 3 is 2.94 bits per heavy atom.